The number of aryl methyl sites for hydroxylation is 1. The van der Waals surface area contributed by atoms with Crippen molar-refractivity contribution in [2.45, 2.75) is 57.7 Å². The third-order valence-electron chi connectivity index (χ3n) is 7.05. The van der Waals surface area contributed by atoms with E-state index in [4.69, 9.17) is 5.73 Å². The average Bonchev–Trinajstić information content (AvgIpc) is 2.91. The lowest BCUT2D eigenvalue weighted by Gasteiger charge is -2.40. The summed E-state index contributed by atoms with van der Waals surface area (Å²) in [6.07, 6.45) is 2.29. The molecule has 0 aromatic heterocycles. The highest BCUT2D eigenvalue weighted by Crippen LogP contribution is 2.33. The number of hydrogen-bond donors (Lipinski definition) is 3. The lowest BCUT2D eigenvalue weighted by molar-refractivity contribution is -0.146. The Morgan fingerprint density at radius 2 is 1.84 bits per heavy atom. The van der Waals surface area contributed by atoms with E-state index in [0.29, 0.717) is 50.9 Å². The molecule has 4 rings (SSSR count). The van der Waals surface area contributed by atoms with E-state index in [-0.39, 0.29) is 36.0 Å². The summed E-state index contributed by atoms with van der Waals surface area (Å²) in [7, 11) is 0. The maximum atomic E-state index is 13.1. The second kappa shape index (κ2) is 8.44. The molecule has 4 amide bonds. The van der Waals surface area contributed by atoms with Gasteiger partial charge in [-0.15, -0.1) is 0 Å². The number of nitrogens with one attached hydrogen (secondary N) is 2. The highest BCUT2D eigenvalue weighted by molar-refractivity contribution is 6.02. The number of hydrogen-bond acceptors (Lipinski definition) is 5. The number of benzene rings is 1. The summed E-state index contributed by atoms with van der Waals surface area (Å²) >= 11 is 0. The molecular formula is C23H31N5O4. The first-order valence-electron chi connectivity index (χ1n) is 11.3. The van der Waals surface area contributed by atoms with E-state index in [1.54, 1.807) is 22.8 Å². The van der Waals surface area contributed by atoms with Gasteiger partial charge >= 0.3 is 0 Å². The van der Waals surface area contributed by atoms with Gasteiger partial charge in [-0.3, -0.25) is 19.2 Å². The Bertz CT molecular complexity index is 956. The minimum absolute atomic E-state index is 0.0964. The van der Waals surface area contributed by atoms with Gasteiger partial charge in [-0.2, -0.15) is 0 Å². The number of nitrogens with two attached hydrogens (primary N) is 1. The lowest BCUT2D eigenvalue weighted by atomic mass is 9.94. The number of rotatable bonds is 3. The molecule has 0 radical (unpaired) electrons. The molecule has 32 heavy (non-hydrogen) atoms. The van der Waals surface area contributed by atoms with Crippen LogP contribution in [0.5, 0.6) is 0 Å². The van der Waals surface area contributed by atoms with Crippen molar-refractivity contribution in [2.75, 3.05) is 25.0 Å². The van der Waals surface area contributed by atoms with Gasteiger partial charge in [0.1, 0.15) is 11.7 Å². The minimum Gasteiger partial charge on any atom is -0.369 e. The molecule has 1 aromatic carbocycles. The van der Waals surface area contributed by atoms with Crippen LogP contribution >= 0.6 is 0 Å². The van der Waals surface area contributed by atoms with Crippen LogP contribution in [0.4, 0.5) is 5.69 Å². The summed E-state index contributed by atoms with van der Waals surface area (Å²) in [5, 5.41) is 6.53. The molecule has 0 unspecified atom stereocenters. The van der Waals surface area contributed by atoms with Gasteiger partial charge in [-0.25, -0.2) is 0 Å². The number of carbonyl (C=O) groups is 4. The van der Waals surface area contributed by atoms with Crippen molar-refractivity contribution in [2.24, 2.45) is 11.7 Å². The smallest absolute Gasteiger partial charge is 0.255 e. The zero-order chi connectivity index (χ0) is 23.0. The van der Waals surface area contributed by atoms with Crippen LogP contribution in [0.3, 0.4) is 0 Å². The van der Waals surface area contributed by atoms with Gasteiger partial charge in [0.05, 0.1) is 5.56 Å². The molecule has 2 saturated heterocycles. The Balaban J connectivity index is 1.44. The summed E-state index contributed by atoms with van der Waals surface area (Å²) in [4.78, 5) is 53.5. The van der Waals surface area contributed by atoms with Gasteiger partial charge in [0.2, 0.25) is 17.7 Å². The van der Waals surface area contributed by atoms with E-state index >= 15 is 0 Å². The third-order valence-corrected chi connectivity index (χ3v) is 7.05. The first kappa shape index (κ1) is 22.1. The van der Waals surface area contributed by atoms with Gasteiger partial charge in [-0.05, 0) is 50.8 Å². The summed E-state index contributed by atoms with van der Waals surface area (Å²) in [6.45, 7) is 5.02. The molecule has 1 aromatic rings. The van der Waals surface area contributed by atoms with Crippen molar-refractivity contribution in [3.05, 3.63) is 29.3 Å². The number of anilines is 1. The van der Waals surface area contributed by atoms with E-state index in [1.165, 1.54) is 0 Å². The molecule has 2 atom stereocenters. The maximum absolute atomic E-state index is 13.1. The zero-order valence-corrected chi connectivity index (χ0v) is 18.6. The van der Waals surface area contributed by atoms with Gasteiger partial charge in [0.25, 0.3) is 5.91 Å². The summed E-state index contributed by atoms with van der Waals surface area (Å²) in [6, 6.07) is 5.05. The minimum atomic E-state index is -0.717. The van der Waals surface area contributed by atoms with E-state index in [1.807, 2.05) is 19.1 Å². The molecule has 3 heterocycles. The number of likely N-dealkylation sites (tertiary alicyclic amines) is 2. The number of carbonyl (C=O) groups excluding carboxylic acids is 4. The Morgan fingerprint density at radius 3 is 2.53 bits per heavy atom. The van der Waals surface area contributed by atoms with Crippen molar-refractivity contribution in [3.63, 3.8) is 0 Å². The molecule has 2 fully saturated rings. The fraction of sp³-hybridized carbons (Fsp3) is 0.565. The van der Waals surface area contributed by atoms with Crippen LogP contribution < -0.4 is 16.4 Å². The van der Waals surface area contributed by atoms with Crippen LogP contribution in [0.2, 0.25) is 0 Å². The second-order valence-corrected chi connectivity index (χ2v) is 9.23. The predicted octanol–water partition coefficient (Wildman–Crippen LogP) is 0.972. The fourth-order valence-electron chi connectivity index (χ4n) is 5.00. The Kier molecular flexibility index (Phi) is 5.83. The van der Waals surface area contributed by atoms with Crippen LogP contribution in [0.25, 0.3) is 0 Å². The summed E-state index contributed by atoms with van der Waals surface area (Å²) in [5.74, 6) is -0.876. The van der Waals surface area contributed by atoms with Gasteiger partial charge in [-0.1, -0.05) is 6.07 Å². The second-order valence-electron chi connectivity index (χ2n) is 9.23. The molecule has 9 nitrogen and oxygen atoms in total. The van der Waals surface area contributed by atoms with Crippen molar-refractivity contribution in [1.29, 1.82) is 0 Å². The number of amides is 4. The molecule has 0 saturated carbocycles. The molecule has 1 spiro atoms. The van der Waals surface area contributed by atoms with Gasteiger partial charge in [0, 0.05) is 44.1 Å². The number of nitrogens with zero attached hydrogens (tertiary/aromatic N) is 2. The third kappa shape index (κ3) is 4.16. The Hall–Kier alpha value is -3.10. The van der Waals surface area contributed by atoms with Gasteiger partial charge < -0.3 is 26.2 Å². The molecule has 9 heteroatoms. The number of primary amides is 1. The fourth-order valence-corrected chi connectivity index (χ4v) is 5.00. The first-order valence-corrected chi connectivity index (χ1v) is 11.3. The Labute approximate surface area is 187 Å². The monoisotopic (exact) mass is 441 g/mol. The molecule has 0 aliphatic carbocycles. The van der Waals surface area contributed by atoms with Crippen LogP contribution in [0.1, 0.15) is 54.9 Å². The van der Waals surface area contributed by atoms with Crippen molar-refractivity contribution in [3.8, 4) is 0 Å². The van der Waals surface area contributed by atoms with Crippen molar-refractivity contribution >= 4 is 29.3 Å². The average molecular weight is 442 g/mol. The van der Waals surface area contributed by atoms with E-state index in [0.717, 1.165) is 11.3 Å². The van der Waals surface area contributed by atoms with Crippen LogP contribution in [-0.4, -0.2) is 64.8 Å². The van der Waals surface area contributed by atoms with Crippen LogP contribution in [0, 0.1) is 12.8 Å². The van der Waals surface area contributed by atoms with E-state index < -0.39 is 11.7 Å². The molecule has 3 aliphatic heterocycles. The van der Waals surface area contributed by atoms with Gasteiger partial charge in [0.15, 0.2) is 0 Å². The topological polar surface area (TPSA) is 125 Å². The lowest BCUT2D eigenvalue weighted by Crippen LogP contribution is -2.58. The quantitative estimate of drug-likeness (QED) is 0.645. The molecule has 3 aliphatic rings. The largest absolute Gasteiger partial charge is 0.369 e. The highest BCUT2D eigenvalue weighted by atomic mass is 16.2. The van der Waals surface area contributed by atoms with Crippen molar-refractivity contribution in [1.82, 2.24) is 15.1 Å². The van der Waals surface area contributed by atoms with Crippen molar-refractivity contribution < 1.29 is 19.2 Å². The molecule has 4 N–H and O–H groups in total. The van der Waals surface area contributed by atoms with E-state index in [9.17, 15) is 19.2 Å². The molecular weight excluding hydrogens is 410 g/mol. The first-order chi connectivity index (χ1) is 15.2. The Morgan fingerprint density at radius 1 is 1.12 bits per heavy atom. The van der Waals surface area contributed by atoms with Crippen LogP contribution in [-0.2, 0) is 14.4 Å². The predicted molar refractivity (Wildman–Crippen MR) is 119 cm³/mol. The normalized spacial score (nSPS) is 24.9. The molecule has 0 bridgehead atoms. The van der Waals surface area contributed by atoms with Crippen LogP contribution in [0.15, 0.2) is 18.2 Å². The highest BCUT2D eigenvalue weighted by Gasteiger charge is 2.42. The molecule has 172 valence electrons. The SMILES string of the molecule is Cc1ccc2c(c1)N[C@@]1(CCC(=O)N([C@H](C)C(=O)N3CCC(C(N)=O)CC3)CC1)NC2=O. The van der Waals surface area contributed by atoms with E-state index in [2.05, 4.69) is 10.6 Å². The summed E-state index contributed by atoms with van der Waals surface area (Å²) < 4.78 is 0. The standard InChI is InChI=1S/C23H31N5O4/c1-14-3-4-17-18(13-14)25-23(26-21(17)31)8-5-19(29)28(12-9-23)15(2)22(32)27-10-6-16(7-11-27)20(24)30/h3-4,13,15-16,25H,5-12H2,1-2H3,(H2,24,30)(H,26,31)/t15-,23+/m1/s1. The number of fused-ring (bicyclic) bond motifs is 1. The zero-order valence-electron chi connectivity index (χ0n) is 18.6. The maximum Gasteiger partial charge on any atom is 0.255 e. The number of piperidine rings is 1. The summed E-state index contributed by atoms with van der Waals surface area (Å²) in [5.41, 5.74) is 7.08.